The van der Waals surface area contributed by atoms with Crippen LogP contribution in [0.1, 0.15) is 23.4 Å². The van der Waals surface area contributed by atoms with E-state index in [4.69, 9.17) is 0 Å². The average molecular weight is 254 g/mol. The molecule has 3 aromatic rings. The zero-order chi connectivity index (χ0) is 11.9. The minimum atomic E-state index is 1.15. The molecule has 0 amide bonds. The van der Waals surface area contributed by atoms with Crippen LogP contribution in [-0.4, -0.2) is 9.38 Å². The molecule has 4 rings (SSSR count). The molecule has 2 heterocycles. The predicted octanol–water partition coefficient (Wildman–Crippen LogP) is 3.94. The molecule has 18 heavy (non-hydrogen) atoms. The Kier molecular flexibility index (Phi) is 2.27. The summed E-state index contributed by atoms with van der Waals surface area (Å²) < 4.78 is 2.37. The molecule has 0 radical (unpaired) electrons. The van der Waals surface area contributed by atoms with Crippen molar-refractivity contribution in [2.45, 2.75) is 25.7 Å². The summed E-state index contributed by atoms with van der Waals surface area (Å²) in [5.41, 5.74) is 4.00. The maximum Gasteiger partial charge on any atom is 0.194 e. The Bertz CT molecular complexity index is 694. The number of hydrogen-bond donors (Lipinski definition) is 0. The van der Waals surface area contributed by atoms with E-state index in [-0.39, 0.29) is 0 Å². The van der Waals surface area contributed by atoms with Crippen molar-refractivity contribution in [1.82, 2.24) is 9.38 Å². The van der Waals surface area contributed by atoms with Crippen molar-refractivity contribution < 1.29 is 0 Å². The van der Waals surface area contributed by atoms with E-state index < -0.39 is 0 Å². The molecule has 0 unspecified atom stereocenters. The second-order valence-electron chi connectivity index (χ2n) is 4.81. The van der Waals surface area contributed by atoms with Crippen molar-refractivity contribution in [3.05, 3.63) is 47.1 Å². The topological polar surface area (TPSA) is 17.3 Å². The molecule has 0 N–H and O–H groups in total. The number of hydrogen-bond acceptors (Lipinski definition) is 2. The first kappa shape index (κ1) is 10.3. The van der Waals surface area contributed by atoms with Crippen molar-refractivity contribution in [2.24, 2.45) is 0 Å². The van der Waals surface area contributed by atoms with Gasteiger partial charge in [0.15, 0.2) is 4.96 Å². The van der Waals surface area contributed by atoms with Gasteiger partial charge in [-0.3, -0.25) is 4.40 Å². The maximum atomic E-state index is 4.58. The second kappa shape index (κ2) is 3.95. The summed E-state index contributed by atoms with van der Waals surface area (Å²) in [6, 6.07) is 10.6. The lowest BCUT2D eigenvalue weighted by Crippen LogP contribution is -2.03. The van der Waals surface area contributed by atoms with Crippen LogP contribution in [0.15, 0.2) is 36.5 Å². The van der Waals surface area contributed by atoms with Crippen molar-refractivity contribution in [1.29, 1.82) is 0 Å². The van der Waals surface area contributed by atoms with Crippen molar-refractivity contribution in [2.75, 3.05) is 0 Å². The van der Waals surface area contributed by atoms with Gasteiger partial charge in [0.1, 0.15) is 0 Å². The largest absolute Gasteiger partial charge is 0.287 e. The molecule has 0 aliphatic heterocycles. The van der Waals surface area contributed by atoms with Crippen molar-refractivity contribution in [3.63, 3.8) is 0 Å². The molecule has 2 nitrogen and oxygen atoms in total. The van der Waals surface area contributed by atoms with E-state index in [0.717, 1.165) is 4.96 Å². The normalized spacial score (nSPS) is 14.9. The molecule has 1 aromatic carbocycles. The summed E-state index contributed by atoms with van der Waals surface area (Å²) in [7, 11) is 0. The van der Waals surface area contributed by atoms with Crippen LogP contribution in [0.2, 0.25) is 0 Å². The van der Waals surface area contributed by atoms with Gasteiger partial charge in [-0.1, -0.05) is 30.3 Å². The lowest BCUT2D eigenvalue weighted by atomic mass is 10.0. The van der Waals surface area contributed by atoms with E-state index in [9.17, 15) is 0 Å². The second-order valence-corrected chi connectivity index (χ2v) is 5.87. The van der Waals surface area contributed by atoms with Gasteiger partial charge in [0, 0.05) is 16.1 Å². The highest BCUT2D eigenvalue weighted by molar-refractivity contribution is 7.17. The van der Waals surface area contributed by atoms with Crippen LogP contribution in [0.25, 0.3) is 16.2 Å². The van der Waals surface area contributed by atoms with Crippen LogP contribution in [0.4, 0.5) is 0 Å². The first-order chi connectivity index (χ1) is 8.93. The standard InChI is InChI=1S/C15H14N2S/c1-2-6-11(7-3-1)13-10-16-15-17(13)12-8-4-5-9-14(12)18-15/h1-3,6-7,10H,4-5,8-9H2. The summed E-state index contributed by atoms with van der Waals surface area (Å²) >= 11 is 1.87. The smallest absolute Gasteiger partial charge is 0.194 e. The highest BCUT2D eigenvalue weighted by Crippen LogP contribution is 2.33. The maximum absolute atomic E-state index is 4.58. The molecule has 2 aromatic heterocycles. The molecular formula is C15H14N2S. The number of fused-ring (bicyclic) bond motifs is 3. The van der Waals surface area contributed by atoms with Gasteiger partial charge >= 0.3 is 0 Å². The molecule has 1 aliphatic carbocycles. The van der Waals surface area contributed by atoms with Gasteiger partial charge in [-0.15, -0.1) is 11.3 Å². The molecular weight excluding hydrogens is 240 g/mol. The number of aromatic nitrogens is 2. The molecule has 1 aliphatic rings. The number of rotatable bonds is 1. The van der Waals surface area contributed by atoms with Gasteiger partial charge in [0.25, 0.3) is 0 Å². The monoisotopic (exact) mass is 254 g/mol. The number of nitrogens with zero attached hydrogens (tertiary/aromatic N) is 2. The number of thiazole rings is 1. The summed E-state index contributed by atoms with van der Waals surface area (Å²) in [5, 5.41) is 0. The van der Waals surface area contributed by atoms with Gasteiger partial charge in [0.2, 0.25) is 0 Å². The minimum Gasteiger partial charge on any atom is -0.287 e. The van der Waals surface area contributed by atoms with Gasteiger partial charge in [-0.05, 0) is 25.7 Å². The number of imidazole rings is 1. The third kappa shape index (κ3) is 1.44. The highest BCUT2D eigenvalue weighted by atomic mass is 32.1. The number of aryl methyl sites for hydroxylation is 2. The lowest BCUT2D eigenvalue weighted by molar-refractivity contribution is 0.675. The fraction of sp³-hybridized carbons (Fsp3) is 0.267. The number of benzene rings is 1. The summed E-state index contributed by atoms with van der Waals surface area (Å²) in [6.45, 7) is 0. The Balaban J connectivity index is 1.99. The fourth-order valence-electron chi connectivity index (χ4n) is 2.80. The SMILES string of the molecule is c1ccc(-c2cnc3sc4c(n23)CCCC4)cc1. The molecule has 0 fully saturated rings. The van der Waals surface area contributed by atoms with E-state index in [1.165, 1.54) is 42.6 Å². The van der Waals surface area contributed by atoms with Gasteiger partial charge in [-0.2, -0.15) is 0 Å². The Morgan fingerprint density at radius 3 is 2.78 bits per heavy atom. The van der Waals surface area contributed by atoms with E-state index in [0.29, 0.717) is 0 Å². The summed E-state index contributed by atoms with van der Waals surface area (Å²) in [4.78, 5) is 7.28. The van der Waals surface area contributed by atoms with Crippen molar-refractivity contribution in [3.8, 4) is 11.3 Å². The van der Waals surface area contributed by atoms with E-state index >= 15 is 0 Å². The van der Waals surface area contributed by atoms with Crippen LogP contribution in [-0.2, 0) is 12.8 Å². The Morgan fingerprint density at radius 1 is 1.06 bits per heavy atom. The molecule has 0 atom stereocenters. The van der Waals surface area contributed by atoms with Crippen LogP contribution in [0.3, 0.4) is 0 Å². The Labute approximate surface area is 110 Å². The quantitative estimate of drug-likeness (QED) is 0.643. The Hall–Kier alpha value is -1.61. The van der Waals surface area contributed by atoms with Crippen LogP contribution in [0, 0.1) is 0 Å². The Morgan fingerprint density at radius 2 is 1.89 bits per heavy atom. The zero-order valence-corrected chi connectivity index (χ0v) is 10.9. The molecule has 90 valence electrons. The van der Waals surface area contributed by atoms with E-state index in [1.807, 2.05) is 17.5 Å². The van der Waals surface area contributed by atoms with E-state index in [2.05, 4.69) is 39.7 Å². The third-order valence-electron chi connectivity index (χ3n) is 3.67. The predicted molar refractivity (Wildman–Crippen MR) is 75.1 cm³/mol. The fourth-order valence-corrected chi connectivity index (χ4v) is 3.98. The van der Waals surface area contributed by atoms with Gasteiger partial charge < -0.3 is 0 Å². The molecule has 0 saturated carbocycles. The van der Waals surface area contributed by atoms with Crippen LogP contribution >= 0.6 is 11.3 Å². The first-order valence-corrected chi connectivity index (χ1v) is 7.28. The van der Waals surface area contributed by atoms with Crippen molar-refractivity contribution >= 4 is 16.3 Å². The van der Waals surface area contributed by atoms with Crippen LogP contribution < -0.4 is 0 Å². The zero-order valence-electron chi connectivity index (χ0n) is 10.1. The lowest BCUT2D eigenvalue weighted by Gasteiger charge is -2.11. The van der Waals surface area contributed by atoms with Crippen LogP contribution in [0.5, 0.6) is 0 Å². The highest BCUT2D eigenvalue weighted by Gasteiger charge is 2.19. The summed E-state index contributed by atoms with van der Waals surface area (Å²) in [6.07, 6.45) is 7.09. The molecule has 3 heteroatoms. The van der Waals surface area contributed by atoms with Gasteiger partial charge in [-0.25, -0.2) is 4.98 Å². The summed E-state index contributed by atoms with van der Waals surface area (Å²) in [5.74, 6) is 0. The molecule has 0 saturated heterocycles. The first-order valence-electron chi connectivity index (χ1n) is 6.47. The van der Waals surface area contributed by atoms with Gasteiger partial charge in [0.05, 0.1) is 11.9 Å². The third-order valence-corrected chi connectivity index (χ3v) is 4.83. The molecule has 0 bridgehead atoms. The average Bonchev–Trinajstić information content (AvgIpc) is 2.98. The molecule has 0 spiro atoms. The minimum absolute atomic E-state index is 1.15. The van der Waals surface area contributed by atoms with E-state index in [1.54, 1.807) is 4.88 Å².